The molecule has 3 N–H and O–H groups in total. The number of rotatable bonds is 4. The highest BCUT2D eigenvalue weighted by atomic mass is 32.1. The Morgan fingerprint density at radius 2 is 2.35 bits per heavy atom. The summed E-state index contributed by atoms with van der Waals surface area (Å²) >= 11 is 1.62. The fourth-order valence-corrected chi connectivity index (χ4v) is 2.54. The van der Waals surface area contributed by atoms with Crippen LogP contribution in [0.25, 0.3) is 10.2 Å². The average molecular weight is 250 g/mol. The van der Waals surface area contributed by atoms with Gasteiger partial charge in [-0.05, 0) is 31.7 Å². The van der Waals surface area contributed by atoms with Gasteiger partial charge in [0, 0.05) is 4.88 Å². The third-order valence-corrected chi connectivity index (χ3v) is 3.71. The van der Waals surface area contributed by atoms with Gasteiger partial charge in [-0.15, -0.1) is 11.3 Å². The smallest absolute Gasteiger partial charge is 0.241 e. The SMILES string of the molecule is Cc1cc2c(OCC3CC3)nc(NN)nc2s1. The van der Waals surface area contributed by atoms with Crippen LogP contribution in [0, 0.1) is 12.8 Å². The van der Waals surface area contributed by atoms with Crippen molar-refractivity contribution in [3.8, 4) is 5.88 Å². The Hall–Kier alpha value is -1.40. The zero-order chi connectivity index (χ0) is 11.8. The number of anilines is 1. The van der Waals surface area contributed by atoms with Gasteiger partial charge in [0.25, 0.3) is 0 Å². The number of fused-ring (bicyclic) bond motifs is 1. The summed E-state index contributed by atoms with van der Waals surface area (Å²) < 4.78 is 5.76. The predicted octanol–water partition coefficient (Wildman–Crippen LogP) is 2.07. The normalized spacial score (nSPS) is 15.2. The topological polar surface area (TPSA) is 73.1 Å². The molecule has 5 nitrogen and oxygen atoms in total. The van der Waals surface area contributed by atoms with Crippen molar-refractivity contribution in [2.75, 3.05) is 12.0 Å². The number of hydrogen-bond acceptors (Lipinski definition) is 6. The first-order chi connectivity index (χ1) is 8.26. The molecular formula is C11H14N4OS. The number of thiophene rings is 1. The maximum atomic E-state index is 5.76. The molecule has 0 radical (unpaired) electrons. The van der Waals surface area contributed by atoms with Gasteiger partial charge in [-0.3, -0.25) is 5.43 Å². The quantitative estimate of drug-likeness (QED) is 0.642. The number of nitrogens with two attached hydrogens (primary N) is 1. The maximum absolute atomic E-state index is 5.76. The molecule has 1 saturated carbocycles. The van der Waals surface area contributed by atoms with Crippen molar-refractivity contribution in [1.82, 2.24) is 9.97 Å². The summed E-state index contributed by atoms with van der Waals surface area (Å²) in [4.78, 5) is 10.7. The number of aromatic nitrogens is 2. The van der Waals surface area contributed by atoms with E-state index in [1.807, 2.05) is 6.92 Å². The van der Waals surface area contributed by atoms with Crippen molar-refractivity contribution in [2.24, 2.45) is 11.8 Å². The molecule has 0 bridgehead atoms. The maximum Gasteiger partial charge on any atom is 0.241 e. The summed E-state index contributed by atoms with van der Waals surface area (Å²) in [6, 6.07) is 2.06. The van der Waals surface area contributed by atoms with Crippen LogP contribution >= 0.6 is 11.3 Å². The Morgan fingerprint density at radius 3 is 3.06 bits per heavy atom. The molecule has 1 fully saturated rings. The summed E-state index contributed by atoms with van der Waals surface area (Å²) in [5.74, 6) is 7.11. The van der Waals surface area contributed by atoms with Crippen molar-refractivity contribution in [1.29, 1.82) is 0 Å². The van der Waals surface area contributed by atoms with Crippen LogP contribution in [0.15, 0.2) is 6.07 Å². The fraction of sp³-hybridized carbons (Fsp3) is 0.455. The van der Waals surface area contributed by atoms with Gasteiger partial charge < -0.3 is 4.74 Å². The van der Waals surface area contributed by atoms with Crippen LogP contribution in [0.3, 0.4) is 0 Å². The van der Waals surface area contributed by atoms with Gasteiger partial charge in [0.15, 0.2) is 0 Å². The van der Waals surface area contributed by atoms with Gasteiger partial charge in [0.1, 0.15) is 4.83 Å². The van der Waals surface area contributed by atoms with E-state index in [0.29, 0.717) is 17.7 Å². The molecule has 17 heavy (non-hydrogen) atoms. The van der Waals surface area contributed by atoms with E-state index in [9.17, 15) is 0 Å². The first-order valence-corrected chi connectivity index (χ1v) is 6.45. The Bertz CT molecular complexity index is 550. The van der Waals surface area contributed by atoms with Gasteiger partial charge in [-0.1, -0.05) is 0 Å². The molecule has 90 valence electrons. The van der Waals surface area contributed by atoms with Crippen LogP contribution in [-0.4, -0.2) is 16.6 Å². The number of ether oxygens (including phenoxy) is 1. The Kier molecular flexibility index (Phi) is 2.60. The highest BCUT2D eigenvalue weighted by molar-refractivity contribution is 7.18. The molecule has 2 heterocycles. The van der Waals surface area contributed by atoms with E-state index in [-0.39, 0.29) is 0 Å². The summed E-state index contributed by atoms with van der Waals surface area (Å²) in [5.41, 5.74) is 2.48. The highest BCUT2D eigenvalue weighted by Crippen LogP contribution is 2.33. The van der Waals surface area contributed by atoms with Crippen molar-refractivity contribution in [3.63, 3.8) is 0 Å². The van der Waals surface area contributed by atoms with Crippen LogP contribution in [0.1, 0.15) is 17.7 Å². The fourth-order valence-electron chi connectivity index (χ4n) is 1.67. The van der Waals surface area contributed by atoms with Gasteiger partial charge in [0.2, 0.25) is 11.8 Å². The van der Waals surface area contributed by atoms with Gasteiger partial charge in [0.05, 0.1) is 12.0 Å². The molecule has 2 aromatic rings. The summed E-state index contributed by atoms with van der Waals surface area (Å²) in [5, 5.41) is 0.979. The van der Waals surface area contributed by atoms with Gasteiger partial charge in [-0.25, -0.2) is 10.8 Å². The second kappa shape index (κ2) is 4.12. The summed E-state index contributed by atoms with van der Waals surface area (Å²) in [7, 11) is 0. The molecule has 0 atom stereocenters. The van der Waals surface area contributed by atoms with Crippen LogP contribution in [0.2, 0.25) is 0 Å². The number of nitrogens with zero attached hydrogens (tertiary/aromatic N) is 2. The average Bonchev–Trinajstić information content (AvgIpc) is 3.06. The second-order valence-corrected chi connectivity index (χ2v) is 5.56. The van der Waals surface area contributed by atoms with E-state index in [2.05, 4.69) is 21.5 Å². The lowest BCUT2D eigenvalue weighted by atomic mass is 10.3. The van der Waals surface area contributed by atoms with E-state index in [1.54, 1.807) is 11.3 Å². The molecule has 6 heteroatoms. The van der Waals surface area contributed by atoms with E-state index in [0.717, 1.165) is 16.8 Å². The van der Waals surface area contributed by atoms with E-state index in [4.69, 9.17) is 10.6 Å². The van der Waals surface area contributed by atoms with Gasteiger partial charge >= 0.3 is 0 Å². The lowest BCUT2D eigenvalue weighted by Gasteiger charge is -2.06. The lowest BCUT2D eigenvalue weighted by molar-refractivity contribution is 0.292. The predicted molar refractivity (Wildman–Crippen MR) is 68.2 cm³/mol. The van der Waals surface area contributed by atoms with Crippen LogP contribution in [0.5, 0.6) is 5.88 Å². The number of hydrazine groups is 1. The van der Waals surface area contributed by atoms with Crippen LogP contribution in [-0.2, 0) is 0 Å². The number of aryl methyl sites for hydroxylation is 1. The largest absolute Gasteiger partial charge is 0.477 e. The molecule has 0 saturated heterocycles. The molecule has 1 aliphatic carbocycles. The molecule has 0 spiro atoms. The summed E-state index contributed by atoms with van der Waals surface area (Å²) in [6.07, 6.45) is 2.53. The lowest BCUT2D eigenvalue weighted by Crippen LogP contribution is -2.11. The Morgan fingerprint density at radius 1 is 1.53 bits per heavy atom. The van der Waals surface area contributed by atoms with Crippen molar-refractivity contribution >= 4 is 27.5 Å². The van der Waals surface area contributed by atoms with Gasteiger partial charge in [-0.2, -0.15) is 4.98 Å². The van der Waals surface area contributed by atoms with Crippen molar-refractivity contribution in [2.45, 2.75) is 19.8 Å². The highest BCUT2D eigenvalue weighted by Gasteiger charge is 2.23. The third kappa shape index (κ3) is 2.18. The molecule has 3 rings (SSSR count). The molecule has 0 aromatic carbocycles. The van der Waals surface area contributed by atoms with Crippen molar-refractivity contribution in [3.05, 3.63) is 10.9 Å². The number of hydrogen-bond donors (Lipinski definition) is 2. The monoisotopic (exact) mass is 250 g/mol. The Labute approximate surface area is 103 Å². The molecule has 1 aliphatic rings. The third-order valence-electron chi connectivity index (χ3n) is 2.76. The minimum absolute atomic E-state index is 0.408. The molecule has 2 aromatic heterocycles. The minimum atomic E-state index is 0.408. The first-order valence-electron chi connectivity index (χ1n) is 5.64. The summed E-state index contributed by atoms with van der Waals surface area (Å²) in [6.45, 7) is 2.79. The standard InChI is InChI=1S/C11H14N4OS/c1-6-4-8-9(16-5-7-2-3-7)13-11(15-12)14-10(8)17-6/h4,7H,2-3,5,12H2,1H3,(H,13,14,15). The van der Waals surface area contributed by atoms with Crippen molar-refractivity contribution < 1.29 is 4.74 Å². The Balaban J connectivity index is 1.98. The zero-order valence-corrected chi connectivity index (χ0v) is 10.4. The molecule has 0 amide bonds. The first kappa shape index (κ1) is 10.7. The number of nitrogens with one attached hydrogen (secondary N) is 1. The van der Waals surface area contributed by atoms with Crippen LogP contribution < -0.4 is 16.0 Å². The minimum Gasteiger partial charge on any atom is -0.477 e. The van der Waals surface area contributed by atoms with E-state index >= 15 is 0 Å². The van der Waals surface area contributed by atoms with E-state index in [1.165, 1.54) is 17.7 Å². The zero-order valence-electron chi connectivity index (χ0n) is 9.56. The molecule has 0 unspecified atom stereocenters. The number of nitrogen functional groups attached to an aromatic ring is 1. The molecule has 0 aliphatic heterocycles. The van der Waals surface area contributed by atoms with Crippen LogP contribution in [0.4, 0.5) is 5.95 Å². The second-order valence-electron chi connectivity index (χ2n) is 4.33. The van der Waals surface area contributed by atoms with E-state index < -0.39 is 0 Å². The molecular weight excluding hydrogens is 236 g/mol.